The molecule has 0 spiro atoms. The molecule has 2 aromatic heterocycles. The maximum atomic E-state index is 5.70. The molecular formula is C20H28N4S. The Morgan fingerprint density at radius 3 is 2.60 bits per heavy atom. The predicted octanol–water partition coefficient (Wildman–Crippen LogP) is 4.15. The Bertz CT molecular complexity index is 751. The van der Waals surface area contributed by atoms with Crippen LogP contribution in [0, 0.1) is 19.8 Å². The van der Waals surface area contributed by atoms with Gasteiger partial charge in [0.05, 0.1) is 17.8 Å². The molecule has 3 heterocycles. The summed E-state index contributed by atoms with van der Waals surface area (Å²) in [6.45, 7) is 13.0. The molecule has 1 saturated heterocycles. The van der Waals surface area contributed by atoms with E-state index < -0.39 is 0 Å². The van der Waals surface area contributed by atoms with Gasteiger partial charge in [0, 0.05) is 30.7 Å². The largest absolute Gasteiger partial charge is 0.352 e. The maximum Gasteiger partial charge on any atom is 0.170 e. The van der Waals surface area contributed by atoms with Gasteiger partial charge >= 0.3 is 0 Å². The van der Waals surface area contributed by atoms with Crippen LogP contribution in [0.15, 0.2) is 30.5 Å². The molecule has 4 nitrogen and oxygen atoms in total. The lowest BCUT2D eigenvalue weighted by Gasteiger charge is -2.29. The number of hydrogen-bond acceptors (Lipinski definition) is 2. The molecule has 0 aliphatic carbocycles. The summed E-state index contributed by atoms with van der Waals surface area (Å²) in [6, 6.07) is 8.67. The van der Waals surface area contributed by atoms with Crippen LogP contribution in [-0.2, 0) is 6.54 Å². The van der Waals surface area contributed by atoms with Gasteiger partial charge in [0.15, 0.2) is 5.11 Å². The fourth-order valence-electron chi connectivity index (χ4n) is 3.95. The molecule has 0 bridgehead atoms. The zero-order chi connectivity index (χ0) is 18.1. The second kappa shape index (κ2) is 7.16. The Balaban J connectivity index is 2.09. The van der Waals surface area contributed by atoms with Crippen molar-refractivity contribution >= 4 is 17.3 Å². The molecule has 1 aliphatic rings. The minimum Gasteiger partial charge on any atom is -0.352 e. The van der Waals surface area contributed by atoms with Gasteiger partial charge in [0.2, 0.25) is 0 Å². The first-order valence-electron chi connectivity index (χ1n) is 9.08. The number of pyridine rings is 1. The van der Waals surface area contributed by atoms with E-state index in [0.717, 1.165) is 23.9 Å². The summed E-state index contributed by atoms with van der Waals surface area (Å²) in [6.07, 6.45) is 1.86. The molecule has 0 aromatic carbocycles. The van der Waals surface area contributed by atoms with Gasteiger partial charge in [-0.1, -0.05) is 19.9 Å². The van der Waals surface area contributed by atoms with E-state index in [1.165, 1.54) is 17.0 Å². The van der Waals surface area contributed by atoms with Crippen LogP contribution in [0.5, 0.6) is 0 Å². The molecule has 3 rings (SSSR count). The minimum atomic E-state index is 0.0817. The van der Waals surface area contributed by atoms with Gasteiger partial charge in [-0.25, -0.2) is 0 Å². The van der Waals surface area contributed by atoms with Gasteiger partial charge in [0.1, 0.15) is 0 Å². The molecule has 5 heteroatoms. The highest BCUT2D eigenvalue weighted by atomic mass is 32.1. The van der Waals surface area contributed by atoms with E-state index >= 15 is 0 Å². The lowest BCUT2D eigenvalue weighted by molar-refractivity contribution is 0.286. The van der Waals surface area contributed by atoms with Crippen LogP contribution in [0.25, 0.3) is 0 Å². The first kappa shape index (κ1) is 17.9. The Morgan fingerprint density at radius 1 is 1.28 bits per heavy atom. The van der Waals surface area contributed by atoms with Gasteiger partial charge in [-0.2, -0.15) is 0 Å². The first-order chi connectivity index (χ1) is 11.9. The van der Waals surface area contributed by atoms with Crippen molar-refractivity contribution in [3.05, 3.63) is 53.1 Å². The smallest absolute Gasteiger partial charge is 0.170 e. The molecule has 0 amide bonds. The first-order valence-corrected chi connectivity index (χ1v) is 9.49. The van der Waals surface area contributed by atoms with Crippen molar-refractivity contribution in [2.24, 2.45) is 5.92 Å². The minimum absolute atomic E-state index is 0.0817. The van der Waals surface area contributed by atoms with Crippen LogP contribution in [0.4, 0.5) is 0 Å². The van der Waals surface area contributed by atoms with Crippen LogP contribution in [0.2, 0.25) is 0 Å². The van der Waals surface area contributed by atoms with Crippen molar-refractivity contribution in [2.45, 2.75) is 53.2 Å². The summed E-state index contributed by atoms with van der Waals surface area (Å²) in [7, 11) is 0. The molecule has 1 fully saturated rings. The van der Waals surface area contributed by atoms with Crippen molar-refractivity contribution in [3.63, 3.8) is 0 Å². The van der Waals surface area contributed by atoms with Crippen LogP contribution in [-0.4, -0.2) is 26.1 Å². The monoisotopic (exact) mass is 356 g/mol. The molecule has 0 radical (unpaired) electrons. The quantitative estimate of drug-likeness (QED) is 0.816. The molecule has 134 valence electrons. The average Bonchev–Trinajstić information content (AvgIpc) is 3.04. The summed E-state index contributed by atoms with van der Waals surface area (Å²) in [5.41, 5.74) is 5.02. The third-order valence-corrected chi connectivity index (χ3v) is 5.36. The highest BCUT2D eigenvalue weighted by Crippen LogP contribution is 2.41. The number of aryl methyl sites for hydroxylation is 1. The van der Waals surface area contributed by atoms with Crippen molar-refractivity contribution < 1.29 is 0 Å². The summed E-state index contributed by atoms with van der Waals surface area (Å²) in [4.78, 5) is 6.96. The lowest BCUT2D eigenvalue weighted by atomic mass is 9.96. The molecule has 1 N–H and O–H groups in total. The molecule has 0 saturated carbocycles. The van der Waals surface area contributed by atoms with Gasteiger partial charge in [-0.05, 0) is 62.7 Å². The Labute approximate surface area is 156 Å². The van der Waals surface area contributed by atoms with E-state index in [9.17, 15) is 0 Å². The third kappa shape index (κ3) is 3.30. The highest BCUT2D eigenvalue weighted by molar-refractivity contribution is 7.80. The molecular weight excluding hydrogens is 328 g/mol. The third-order valence-electron chi connectivity index (χ3n) is 5.01. The van der Waals surface area contributed by atoms with E-state index in [1.807, 2.05) is 18.3 Å². The summed E-state index contributed by atoms with van der Waals surface area (Å²) in [5.74, 6) is 0.541. The molecule has 25 heavy (non-hydrogen) atoms. The second-order valence-corrected chi connectivity index (χ2v) is 7.63. The number of nitrogens with one attached hydrogen (secondary N) is 1. The van der Waals surface area contributed by atoms with E-state index in [-0.39, 0.29) is 12.1 Å². The van der Waals surface area contributed by atoms with Crippen molar-refractivity contribution in [1.29, 1.82) is 0 Å². The number of aromatic nitrogens is 2. The lowest BCUT2D eigenvalue weighted by Crippen LogP contribution is -2.33. The summed E-state index contributed by atoms with van der Waals surface area (Å²) in [5, 5.41) is 4.36. The highest BCUT2D eigenvalue weighted by Gasteiger charge is 2.41. The predicted molar refractivity (Wildman–Crippen MR) is 107 cm³/mol. The van der Waals surface area contributed by atoms with Crippen LogP contribution < -0.4 is 5.32 Å². The number of thiocarbonyl (C=S) groups is 1. The topological polar surface area (TPSA) is 33.1 Å². The van der Waals surface area contributed by atoms with E-state index in [4.69, 9.17) is 12.2 Å². The maximum absolute atomic E-state index is 5.70. The van der Waals surface area contributed by atoms with Crippen LogP contribution in [0.1, 0.15) is 55.5 Å². The number of hydrogen-bond donors (Lipinski definition) is 1. The van der Waals surface area contributed by atoms with E-state index in [2.05, 4.69) is 66.5 Å². The van der Waals surface area contributed by atoms with Gasteiger partial charge in [0.25, 0.3) is 0 Å². The van der Waals surface area contributed by atoms with Crippen LogP contribution >= 0.6 is 12.2 Å². The SMILES string of the molecule is CCn1c(C)cc([C@H]2[C@@H](c3ccccn3)NC(=S)N2CC(C)C)c1C. The Hall–Kier alpha value is -1.88. The average molecular weight is 357 g/mol. The second-order valence-electron chi connectivity index (χ2n) is 7.24. The van der Waals surface area contributed by atoms with Crippen molar-refractivity contribution in [3.8, 4) is 0 Å². The van der Waals surface area contributed by atoms with Gasteiger partial charge in [-0.3, -0.25) is 4.98 Å². The van der Waals surface area contributed by atoms with E-state index in [0.29, 0.717) is 5.92 Å². The Morgan fingerprint density at radius 2 is 2.04 bits per heavy atom. The number of rotatable bonds is 5. The fraction of sp³-hybridized carbons (Fsp3) is 0.500. The normalized spacial score (nSPS) is 20.4. The van der Waals surface area contributed by atoms with Gasteiger partial charge in [-0.15, -0.1) is 0 Å². The van der Waals surface area contributed by atoms with Crippen molar-refractivity contribution in [1.82, 2.24) is 19.8 Å². The fourth-order valence-corrected chi connectivity index (χ4v) is 4.26. The summed E-state index contributed by atoms with van der Waals surface area (Å²) < 4.78 is 2.37. The van der Waals surface area contributed by atoms with Crippen molar-refractivity contribution in [2.75, 3.05) is 6.54 Å². The molecule has 1 aliphatic heterocycles. The molecule has 0 unspecified atom stereocenters. The zero-order valence-electron chi connectivity index (χ0n) is 15.8. The Kier molecular flexibility index (Phi) is 5.13. The van der Waals surface area contributed by atoms with Crippen LogP contribution in [0.3, 0.4) is 0 Å². The van der Waals surface area contributed by atoms with Gasteiger partial charge < -0.3 is 14.8 Å². The number of nitrogens with zero attached hydrogens (tertiary/aromatic N) is 3. The zero-order valence-corrected chi connectivity index (χ0v) is 16.6. The standard InChI is InChI=1S/C20H28N4S/c1-6-23-14(4)11-16(15(23)5)19-18(17-9-7-8-10-21-17)22-20(25)24(19)12-13(2)3/h7-11,13,18-19H,6,12H2,1-5H3,(H,22,25)/t18-,19+/m1/s1. The summed E-state index contributed by atoms with van der Waals surface area (Å²) >= 11 is 5.70. The molecule has 2 aromatic rings. The van der Waals surface area contributed by atoms with E-state index in [1.54, 1.807) is 0 Å². The molecule has 2 atom stereocenters.